The fourth-order valence-corrected chi connectivity index (χ4v) is 6.42. The van der Waals surface area contributed by atoms with E-state index in [4.69, 9.17) is 4.74 Å². The molecular formula is C25H41N3O3S3. The van der Waals surface area contributed by atoms with Crippen LogP contribution in [0, 0.1) is 5.92 Å². The van der Waals surface area contributed by atoms with Gasteiger partial charge in [0.1, 0.15) is 11.8 Å². The number of thioether (sulfide) groups is 3. The molecule has 9 heteroatoms. The zero-order chi connectivity index (χ0) is 24.6. The second kappa shape index (κ2) is 17.4. The number of hydrogen-bond donors (Lipinski definition) is 3. The molecule has 0 spiro atoms. The van der Waals surface area contributed by atoms with Crippen molar-refractivity contribution in [3.8, 4) is 5.75 Å². The van der Waals surface area contributed by atoms with Crippen LogP contribution in [0.1, 0.15) is 44.1 Å². The highest BCUT2D eigenvalue weighted by Crippen LogP contribution is 2.27. The zero-order valence-corrected chi connectivity index (χ0v) is 23.2. The lowest BCUT2D eigenvalue weighted by Crippen LogP contribution is -2.50. The van der Waals surface area contributed by atoms with Crippen molar-refractivity contribution < 1.29 is 14.3 Å². The summed E-state index contributed by atoms with van der Waals surface area (Å²) < 4.78 is 5.19. The first-order chi connectivity index (χ1) is 16.5. The fraction of sp³-hybridized carbons (Fsp3) is 0.680. The standard InChI is InChI=1S/C25H41N3O3S3/c1-31-21-11-9-19(10-12-21)15-27-25(30)22(18-34-17-20-7-5-4-6-8-20)28-23(29)16-26-24(33-3)13-14-32-2/h9-12,20,22,24,26H,4-8,13-18H2,1-3H3,(H,27,30)(H,28,29)/t22-,24?/m0/s1. The van der Waals surface area contributed by atoms with Crippen LogP contribution in [0.4, 0.5) is 0 Å². The minimum Gasteiger partial charge on any atom is -0.497 e. The van der Waals surface area contributed by atoms with Crippen LogP contribution < -0.4 is 20.7 Å². The highest BCUT2D eigenvalue weighted by molar-refractivity contribution is 7.99. The third-order valence-electron chi connectivity index (χ3n) is 6.00. The Hall–Kier alpha value is -1.03. The third kappa shape index (κ3) is 11.6. The quantitative estimate of drug-likeness (QED) is 0.279. The predicted octanol–water partition coefficient (Wildman–Crippen LogP) is 4.14. The summed E-state index contributed by atoms with van der Waals surface area (Å²) in [6, 6.07) is 7.09. The molecule has 2 atom stereocenters. The lowest BCUT2D eigenvalue weighted by atomic mass is 9.91. The summed E-state index contributed by atoms with van der Waals surface area (Å²) in [6.07, 6.45) is 11.7. The van der Waals surface area contributed by atoms with E-state index in [-0.39, 0.29) is 23.7 Å². The molecule has 1 aromatic carbocycles. The number of hydrogen-bond acceptors (Lipinski definition) is 7. The largest absolute Gasteiger partial charge is 0.497 e. The Balaban J connectivity index is 1.87. The van der Waals surface area contributed by atoms with Crippen molar-refractivity contribution >= 4 is 47.1 Å². The van der Waals surface area contributed by atoms with Gasteiger partial charge >= 0.3 is 0 Å². The highest BCUT2D eigenvalue weighted by atomic mass is 32.2. The first-order valence-electron chi connectivity index (χ1n) is 12.1. The Morgan fingerprint density at radius 1 is 1.12 bits per heavy atom. The molecular weight excluding hydrogens is 486 g/mol. The molecule has 2 amide bonds. The molecule has 0 radical (unpaired) electrons. The zero-order valence-electron chi connectivity index (χ0n) is 20.8. The monoisotopic (exact) mass is 527 g/mol. The Morgan fingerprint density at radius 2 is 1.85 bits per heavy atom. The van der Waals surface area contributed by atoms with Crippen molar-refractivity contribution in [2.24, 2.45) is 5.92 Å². The van der Waals surface area contributed by atoms with Crippen molar-refractivity contribution in [2.45, 2.75) is 56.5 Å². The van der Waals surface area contributed by atoms with E-state index >= 15 is 0 Å². The van der Waals surface area contributed by atoms with Crippen LogP contribution in [0.5, 0.6) is 5.75 Å². The highest BCUT2D eigenvalue weighted by Gasteiger charge is 2.22. The molecule has 1 fully saturated rings. The molecule has 1 aliphatic rings. The van der Waals surface area contributed by atoms with E-state index in [0.717, 1.165) is 35.2 Å². The molecule has 0 heterocycles. The van der Waals surface area contributed by atoms with Crippen LogP contribution in [0.3, 0.4) is 0 Å². The van der Waals surface area contributed by atoms with Gasteiger partial charge in [-0.15, -0.1) is 11.8 Å². The SMILES string of the molecule is COc1ccc(CNC(=O)[C@H](CSCC2CCCCC2)NC(=O)CNC(CCSC)SC)cc1. The molecule has 0 aromatic heterocycles. The van der Waals surface area contributed by atoms with E-state index in [9.17, 15) is 9.59 Å². The maximum atomic E-state index is 13.0. The first-order valence-corrected chi connectivity index (χ1v) is 15.9. The van der Waals surface area contributed by atoms with Gasteiger partial charge in [0, 0.05) is 12.3 Å². The lowest BCUT2D eigenvalue weighted by molar-refractivity contribution is -0.128. The van der Waals surface area contributed by atoms with Gasteiger partial charge in [0.2, 0.25) is 11.8 Å². The molecule has 3 N–H and O–H groups in total. The van der Waals surface area contributed by atoms with E-state index in [2.05, 4.69) is 22.2 Å². The Kier molecular flexibility index (Phi) is 15.0. The average molecular weight is 528 g/mol. The number of nitrogens with one attached hydrogen (secondary N) is 3. The molecule has 6 nitrogen and oxygen atoms in total. The van der Waals surface area contributed by atoms with Gasteiger partial charge in [-0.3, -0.25) is 14.9 Å². The van der Waals surface area contributed by atoms with Crippen molar-refractivity contribution in [3.05, 3.63) is 29.8 Å². The number of amides is 2. The van der Waals surface area contributed by atoms with E-state index in [1.54, 1.807) is 42.4 Å². The number of carbonyl (C=O) groups is 2. The first kappa shape index (κ1) is 29.2. The number of methoxy groups -OCH3 is 1. The maximum absolute atomic E-state index is 13.0. The fourth-order valence-electron chi connectivity index (χ4n) is 3.93. The molecule has 0 saturated heterocycles. The second-order valence-electron chi connectivity index (χ2n) is 8.61. The van der Waals surface area contributed by atoms with Crippen molar-refractivity contribution in [3.63, 3.8) is 0 Å². The Bertz CT molecular complexity index is 715. The van der Waals surface area contributed by atoms with E-state index < -0.39 is 6.04 Å². The average Bonchev–Trinajstić information content (AvgIpc) is 2.87. The van der Waals surface area contributed by atoms with Crippen molar-refractivity contribution in [1.82, 2.24) is 16.0 Å². The maximum Gasteiger partial charge on any atom is 0.243 e. The van der Waals surface area contributed by atoms with Crippen LogP contribution in [0.2, 0.25) is 0 Å². The van der Waals surface area contributed by atoms with Crippen LogP contribution in [0.25, 0.3) is 0 Å². The van der Waals surface area contributed by atoms with Gasteiger partial charge in [0.25, 0.3) is 0 Å². The van der Waals surface area contributed by atoms with Gasteiger partial charge in [0.15, 0.2) is 0 Å². The molecule has 0 aliphatic heterocycles. The summed E-state index contributed by atoms with van der Waals surface area (Å²) in [5.74, 6) is 3.95. The topological polar surface area (TPSA) is 79.5 Å². The molecule has 1 aliphatic carbocycles. The minimum atomic E-state index is -0.542. The third-order valence-corrected chi connectivity index (χ3v) is 8.89. The minimum absolute atomic E-state index is 0.133. The van der Waals surface area contributed by atoms with Crippen LogP contribution in [-0.4, -0.2) is 66.7 Å². The molecule has 192 valence electrons. The molecule has 34 heavy (non-hydrogen) atoms. The van der Waals surface area contributed by atoms with Gasteiger partial charge in [-0.1, -0.05) is 31.4 Å². The summed E-state index contributed by atoms with van der Waals surface area (Å²) in [4.78, 5) is 25.7. The number of rotatable bonds is 16. The van der Waals surface area contributed by atoms with Crippen LogP contribution in [-0.2, 0) is 16.1 Å². The number of benzene rings is 1. The van der Waals surface area contributed by atoms with E-state index in [1.165, 1.54) is 32.1 Å². The molecule has 2 rings (SSSR count). The summed E-state index contributed by atoms with van der Waals surface area (Å²) in [5.41, 5.74) is 0.993. The molecule has 1 unspecified atom stereocenters. The van der Waals surface area contributed by atoms with Gasteiger partial charge in [-0.05, 0) is 66.9 Å². The van der Waals surface area contributed by atoms with Crippen molar-refractivity contribution in [2.75, 3.05) is 43.4 Å². The van der Waals surface area contributed by atoms with Gasteiger partial charge < -0.3 is 15.4 Å². The number of carbonyl (C=O) groups excluding carboxylic acids is 2. The van der Waals surface area contributed by atoms with E-state index in [1.807, 2.05) is 30.5 Å². The summed E-state index contributed by atoms with van der Waals surface area (Å²) in [5, 5.41) is 9.52. The second-order valence-corrected chi connectivity index (χ2v) is 11.7. The van der Waals surface area contributed by atoms with Gasteiger partial charge in [-0.25, -0.2) is 0 Å². The lowest BCUT2D eigenvalue weighted by Gasteiger charge is -2.23. The molecule has 1 saturated carbocycles. The Labute approximate surface area is 218 Å². The summed E-state index contributed by atoms with van der Waals surface area (Å²) in [6.45, 7) is 0.638. The van der Waals surface area contributed by atoms with Crippen LogP contribution >= 0.6 is 35.3 Å². The van der Waals surface area contributed by atoms with Crippen molar-refractivity contribution in [1.29, 1.82) is 0 Å². The predicted molar refractivity (Wildman–Crippen MR) is 149 cm³/mol. The summed E-state index contributed by atoms with van der Waals surface area (Å²) in [7, 11) is 1.63. The molecule has 0 bridgehead atoms. The Morgan fingerprint density at radius 3 is 2.50 bits per heavy atom. The van der Waals surface area contributed by atoms with Gasteiger partial charge in [0.05, 0.1) is 19.0 Å². The number of ether oxygens (including phenoxy) is 1. The normalized spacial score (nSPS) is 16.0. The summed E-state index contributed by atoms with van der Waals surface area (Å²) >= 11 is 5.31. The molecule has 1 aromatic rings. The van der Waals surface area contributed by atoms with Gasteiger partial charge in [-0.2, -0.15) is 23.5 Å². The smallest absolute Gasteiger partial charge is 0.243 e. The van der Waals surface area contributed by atoms with Crippen LogP contribution in [0.15, 0.2) is 24.3 Å². The van der Waals surface area contributed by atoms with E-state index in [0.29, 0.717) is 12.3 Å².